The molecule has 0 heterocycles. The molecule has 0 aromatic carbocycles. The molecule has 0 radical (unpaired) electrons. The van der Waals surface area contributed by atoms with Gasteiger partial charge < -0.3 is 14.0 Å². The molecule has 0 aliphatic carbocycles. The first-order valence-corrected chi connectivity index (χ1v) is 19.3. The number of carbonyl (C=O) groups is 1. The van der Waals surface area contributed by atoms with Gasteiger partial charge in [-0.3, -0.25) is 4.79 Å². The maximum absolute atomic E-state index is 12.3. The molecule has 0 aromatic rings. The second kappa shape index (κ2) is 12.4. The molecule has 0 saturated heterocycles. The summed E-state index contributed by atoms with van der Waals surface area (Å²) in [4.78, 5) is 12.3. The predicted molar refractivity (Wildman–Crippen MR) is 151 cm³/mol. The van der Waals surface area contributed by atoms with E-state index in [4.69, 9.17) is 8.85 Å². The highest BCUT2D eigenvalue weighted by Gasteiger charge is 2.44. The molecule has 196 valence electrons. The van der Waals surface area contributed by atoms with Crippen molar-refractivity contribution in [3.8, 4) is 0 Å². The second-order valence-electron chi connectivity index (χ2n) is 12.7. The van der Waals surface area contributed by atoms with Gasteiger partial charge in [-0.2, -0.15) is 0 Å². The van der Waals surface area contributed by atoms with Crippen molar-refractivity contribution < 1.29 is 18.8 Å². The number of aliphatic hydroxyl groups is 1. The molecule has 0 aliphatic rings. The topological polar surface area (TPSA) is 55.8 Å². The van der Waals surface area contributed by atoms with Crippen LogP contribution < -0.4 is 0 Å². The summed E-state index contributed by atoms with van der Waals surface area (Å²) >= 11 is 1.27. The summed E-state index contributed by atoms with van der Waals surface area (Å²) in [7, 11) is -4.04. The zero-order valence-corrected chi connectivity index (χ0v) is 27.1. The fourth-order valence-corrected chi connectivity index (χ4v) is 6.79. The van der Waals surface area contributed by atoms with Gasteiger partial charge in [-0.05, 0) is 61.4 Å². The van der Waals surface area contributed by atoms with Crippen LogP contribution in [0.4, 0.5) is 0 Å². The molecule has 0 bridgehead atoms. The molecule has 0 aromatic heterocycles. The summed E-state index contributed by atoms with van der Waals surface area (Å²) in [6, 6.07) is 0. The number of rotatable bonds is 11. The van der Waals surface area contributed by atoms with Crippen LogP contribution in [0.2, 0.25) is 36.3 Å². The molecule has 33 heavy (non-hydrogen) atoms. The lowest BCUT2D eigenvalue weighted by atomic mass is 9.93. The Morgan fingerprint density at radius 2 is 1.36 bits per heavy atom. The maximum atomic E-state index is 12.3. The largest absolute Gasteiger partial charge is 0.412 e. The normalized spacial score (nSPS) is 19.1. The molecule has 0 aliphatic heterocycles. The highest BCUT2D eigenvalue weighted by atomic mass is 32.2. The van der Waals surface area contributed by atoms with Gasteiger partial charge in [0.15, 0.2) is 21.8 Å². The van der Waals surface area contributed by atoms with E-state index < -0.39 is 28.7 Å². The Morgan fingerprint density at radius 1 is 0.939 bits per heavy atom. The standard InChI is InChI=1S/C26H54O4SSi2/c1-16-31-24(28)20(4)22(27)18(2)17-19(3)23(30-33(14,15)26(9,10)11)21(5)29-32(12,13)25(6,7)8/h17,19-23,27H,16H2,1-15H3/b18-17+/t19-,20+,21-,22+,23+/m1/s1. The third kappa shape index (κ3) is 9.56. The van der Waals surface area contributed by atoms with E-state index in [1.165, 1.54) is 11.8 Å². The molecule has 4 nitrogen and oxygen atoms in total. The van der Waals surface area contributed by atoms with Crippen molar-refractivity contribution in [1.82, 2.24) is 0 Å². The lowest BCUT2D eigenvalue weighted by Crippen LogP contribution is -2.52. The van der Waals surface area contributed by atoms with E-state index in [2.05, 4.69) is 87.7 Å². The molecule has 0 spiro atoms. The Hall–Kier alpha value is 0.0738. The number of hydrogen-bond acceptors (Lipinski definition) is 5. The van der Waals surface area contributed by atoms with Crippen LogP contribution in [0.5, 0.6) is 0 Å². The van der Waals surface area contributed by atoms with Gasteiger partial charge in [-0.15, -0.1) is 0 Å². The van der Waals surface area contributed by atoms with Gasteiger partial charge in [-0.25, -0.2) is 0 Å². The van der Waals surface area contributed by atoms with Crippen molar-refractivity contribution in [2.75, 3.05) is 5.75 Å². The SMILES string of the molecule is CCSC(=O)[C@@H](C)[C@@H](O)/C(C)=C/[C@@H](C)[C@H](O[Si](C)(C)C(C)(C)C)[C@@H](C)O[Si](C)(C)C(C)(C)C. The number of hydrogen-bond donors (Lipinski definition) is 1. The molecule has 0 fully saturated rings. The summed E-state index contributed by atoms with van der Waals surface area (Å²) in [5.41, 5.74) is 0.823. The van der Waals surface area contributed by atoms with Gasteiger partial charge in [-0.1, -0.05) is 80.2 Å². The van der Waals surface area contributed by atoms with Gasteiger partial charge in [0, 0.05) is 5.92 Å². The average molecular weight is 519 g/mol. The van der Waals surface area contributed by atoms with Crippen molar-refractivity contribution in [3.63, 3.8) is 0 Å². The monoisotopic (exact) mass is 518 g/mol. The zero-order valence-electron chi connectivity index (χ0n) is 24.3. The lowest BCUT2D eigenvalue weighted by Gasteiger charge is -2.45. The van der Waals surface area contributed by atoms with Crippen LogP contribution in [0, 0.1) is 11.8 Å². The number of carbonyl (C=O) groups excluding carboxylic acids is 1. The second-order valence-corrected chi connectivity index (χ2v) is 23.5. The van der Waals surface area contributed by atoms with Gasteiger partial charge in [0.25, 0.3) is 0 Å². The molecule has 0 rings (SSSR count). The summed E-state index contributed by atoms with van der Waals surface area (Å²) in [6.45, 7) is 32.6. The average Bonchev–Trinajstić information content (AvgIpc) is 2.62. The summed E-state index contributed by atoms with van der Waals surface area (Å²) in [5.74, 6) is 0.327. The van der Waals surface area contributed by atoms with Crippen molar-refractivity contribution in [2.24, 2.45) is 11.8 Å². The van der Waals surface area contributed by atoms with E-state index in [9.17, 15) is 9.90 Å². The van der Waals surface area contributed by atoms with Crippen molar-refractivity contribution >= 4 is 33.5 Å². The van der Waals surface area contributed by atoms with E-state index in [0.717, 1.165) is 11.3 Å². The predicted octanol–water partition coefficient (Wildman–Crippen LogP) is 7.65. The molecule has 5 atom stereocenters. The van der Waals surface area contributed by atoms with Crippen LogP contribution in [0.3, 0.4) is 0 Å². The van der Waals surface area contributed by atoms with Crippen molar-refractivity contribution in [1.29, 1.82) is 0 Å². The fraction of sp³-hybridized carbons (Fsp3) is 0.885. The quantitative estimate of drug-likeness (QED) is 0.225. The summed E-state index contributed by atoms with van der Waals surface area (Å²) in [5, 5.41) is 11.1. The Kier molecular flexibility index (Phi) is 12.4. The number of thioether (sulfide) groups is 1. The van der Waals surface area contributed by atoms with E-state index in [0.29, 0.717) is 0 Å². The van der Waals surface area contributed by atoms with Gasteiger partial charge >= 0.3 is 0 Å². The zero-order chi connectivity index (χ0) is 26.6. The van der Waals surface area contributed by atoms with E-state index in [-0.39, 0.29) is 33.3 Å². The molecule has 0 amide bonds. The Bertz CT molecular complexity index is 662. The van der Waals surface area contributed by atoms with Crippen LogP contribution >= 0.6 is 11.8 Å². The van der Waals surface area contributed by atoms with Crippen LogP contribution in [0.25, 0.3) is 0 Å². The van der Waals surface area contributed by atoms with E-state index in [1.807, 2.05) is 20.8 Å². The third-order valence-electron chi connectivity index (χ3n) is 7.63. The lowest BCUT2D eigenvalue weighted by molar-refractivity contribution is -0.116. The highest BCUT2D eigenvalue weighted by molar-refractivity contribution is 8.13. The first-order chi connectivity index (χ1) is 14.6. The Labute approximate surface area is 211 Å². The summed E-state index contributed by atoms with van der Waals surface area (Å²) in [6.07, 6.45) is 1.10. The smallest absolute Gasteiger partial charge is 0.194 e. The van der Waals surface area contributed by atoms with Gasteiger partial charge in [0.05, 0.1) is 24.2 Å². The van der Waals surface area contributed by atoms with Gasteiger partial charge in [0.1, 0.15) is 0 Å². The molecular weight excluding hydrogens is 465 g/mol. The van der Waals surface area contributed by atoms with Crippen LogP contribution in [0.15, 0.2) is 11.6 Å². The fourth-order valence-electron chi connectivity index (χ4n) is 3.26. The maximum Gasteiger partial charge on any atom is 0.194 e. The molecule has 0 saturated carbocycles. The van der Waals surface area contributed by atoms with E-state index in [1.54, 1.807) is 0 Å². The first kappa shape index (κ1) is 33.1. The molecular formula is C26H54O4SSi2. The number of aliphatic hydroxyl groups excluding tert-OH is 1. The minimum atomic E-state index is -2.06. The van der Waals surface area contributed by atoms with E-state index >= 15 is 0 Å². The Balaban J connectivity index is 6.02. The molecule has 0 unspecified atom stereocenters. The van der Waals surface area contributed by atoms with Crippen molar-refractivity contribution in [3.05, 3.63) is 11.6 Å². The third-order valence-corrected chi connectivity index (χ3v) is 17.6. The Morgan fingerprint density at radius 3 is 1.76 bits per heavy atom. The van der Waals surface area contributed by atoms with Crippen LogP contribution in [0.1, 0.15) is 76.2 Å². The minimum absolute atomic E-state index is 0.0362. The summed E-state index contributed by atoms with van der Waals surface area (Å²) < 4.78 is 13.7. The van der Waals surface area contributed by atoms with Gasteiger partial charge in [0.2, 0.25) is 0 Å². The van der Waals surface area contributed by atoms with Crippen molar-refractivity contribution in [2.45, 2.75) is 131 Å². The molecule has 1 N–H and O–H groups in total. The highest BCUT2D eigenvalue weighted by Crippen LogP contribution is 2.41. The minimum Gasteiger partial charge on any atom is -0.412 e. The first-order valence-electron chi connectivity index (χ1n) is 12.5. The van der Waals surface area contributed by atoms with Crippen LogP contribution in [-0.2, 0) is 13.6 Å². The van der Waals surface area contributed by atoms with Crippen LogP contribution in [-0.4, -0.2) is 50.9 Å². The molecule has 7 heteroatoms.